The predicted octanol–water partition coefficient (Wildman–Crippen LogP) is 3.15. The number of nitriles is 1. The molecule has 1 atom stereocenters. The highest BCUT2D eigenvalue weighted by atomic mass is 16.5. The van der Waals surface area contributed by atoms with Crippen LogP contribution in [-0.4, -0.2) is 25.1 Å². The van der Waals surface area contributed by atoms with Gasteiger partial charge in [-0.15, -0.1) is 0 Å². The van der Waals surface area contributed by atoms with Gasteiger partial charge in [-0.1, -0.05) is 18.2 Å². The lowest BCUT2D eigenvalue weighted by Gasteiger charge is -2.12. The third-order valence-electron chi connectivity index (χ3n) is 3.45. The van der Waals surface area contributed by atoms with Crippen LogP contribution < -0.4 is 10.1 Å². The zero-order valence-corrected chi connectivity index (χ0v) is 14.4. The molecule has 0 aliphatic heterocycles. The molecule has 0 saturated carbocycles. The minimum absolute atomic E-state index is 0.426. The molecule has 0 spiro atoms. The van der Waals surface area contributed by atoms with Crippen molar-refractivity contribution in [2.45, 2.75) is 13.0 Å². The van der Waals surface area contributed by atoms with Gasteiger partial charge in [0.05, 0.1) is 18.7 Å². The van der Waals surface area contributed by atoms with E-state index in [1.165, 1.54) is 19.1 Å². The van der Waals surface area contributed by atoms with Gasteiger partial charge in [0.2, 0.25) is 0 Å². The summed E-state index contributed by atoms with van der Waals surface area (Å²) in [4.78, 5) is 23.9. The summed E-state index contributed by atoms with van der Waals surface area (Å²) in [5.41, 5.74) is 1.69. The molecule has 2 aromatic rings. The molecule has 2 aromatic carbocycles. The van der Waals surface area contributed by atoms with E-state index in [0.29, 0.717) is 11.3 Å². The van der Waals surface area contributed by atoms with Gasteiger partial charge >= 0.3 is 5.97 Å². The topological polar surface area (TPSA) is 88.4 Å². The first-order chi connectivity index (χ1) is 12.5. The van der Waals surface area contributed by atoms with E-state index in [-0.39, 0.29) is 0 Å². The number of benzene rings is 2. The number of nitrogens with one attached hydrogen (secondary N) is 1. The van der Waals surface area contributed by atoms with Crippen molar-refractivity contribution in [3.05, 3.63) is 65.7 Å². The minimum Gasteiger partial charge on any atom is -0.497 e. The average Bonchev–Trinajstić information content (AvgIpc) is 2.66. The molecule has 6 nitrogen and oxygen atoms in total. The molecule has 6 heteroatoms. The van der Waals surface area contributed by atoms with Gasteiger partial charge in [-0.25, -0.2) is 4.79 Å². The molecule has 26 heavy (non-hydrogen) atoms. The number of amides is 1. The van der Waals surface area contributed by atoms with E-state index in [2.05, 4.69) is 5.32 Å². The number of esters is 1. The Morgan fingerprint density at radius 2 is 1.92 bits per heavy atom. The highest BCUT2D eigenvalue weighted by Crippen LogP contribution is 2.13. The summed E-state index contributed by atoms with van der Waals surface area (Å²) in [6, 6.07) is 15.6. The Morgan fingerprint density at radius 1 is 1.19 bits per heavy atom. The van der Waals surface area contributed by atoms with Crippen LogP contribution in [0.4, 0.5) is 5.69 Å². The van der Waals surface area contributed by atoms with Gasteiger partial charge in [-0.05, 0) is 48.9 Å². The van der Waals surface area contributed by atoms with Crippen LogP contribution in [-0.2, 0) is 14.3 Å². The normalized spacial score (nSPS) is 11.4. The van der Waals surface area contributed by atoms with Crippen LogP contribution in [0.15, 0.2) is 54.6 Å². The number of carbonyl (C=O) groups excluding carboxylic acids is 2. The van der Waals surface area contributed by atoms with Crippen LogP contribution >= 0.6 is 0 Å². The molecule has 0 aliphatic carbocycles. The fraction of sp³-hybridized carbons (Fsp3) is 0.150. The Labute approximate surface area is 151 Å². The lowest BCUT2D eigenvalue weighted by atomic mass is 10.2. The van der Waals surface area contributed by atoms with Crippen LogP contribution in [0.25, 0.3) is 6.08 Å². The maximum absolute atomic E-state index is 12.1. The van der Waals surface area contributed by atoms with E-state index >= 15 is 0 Å². The number of carbonyl (C=O) groups is 2. The lowest BCUT2D eigenvalue weighted by Crippen LogP contribution is -2.29. The molecule has 1 N–H and O–H groups in total. The van der Waals surface area contributed by atoms with Crippen LogP contribution in [0.2, 0.25) is 0 Å². The average molecular weight is 350 g/mol. The van der Waals surface area contributed by atoms with Crippen molar-refractivity contribution in [3.8, 4) is 11.8 Å². The fourth-order valence-electron chi connectivity index (χ4n) is 2.06. The first-order valence-corrected chi connectivity index (χ1v) is 7.85. The van der Waals surface area contributed by atoms with Crippen LogP contribution in [0, 0.1) is 11.3 Å². The van der Waals surface area contributed by atoms with Crippen LogP contribution in [0.5, 0.6) is 5.75 Å². The van der Waals surface area contributed by atoms with Gasteiger partial charge in [0.15, 0.2) is 6.10 Å². The maximum atomic E-state index is 12.1. The van der Waals surface area contributed by atoms with Crippen LogP contribution in [0.3, 0.4) is 0 Å². The monoisotopic (exact) mass is 350 g/mol. The molecule has 0 unspecified atom stereocenters. The summed E-state index contributed by atoms with van der Waals surface area (Å²) in [6.07, 6.45) is 1.86. The SMILES string of the molecule is COc1ccc(/C=C/C(=O)O[C@@H](C)C(=O)Nc2cccc(C#N)c2)cc1. The van der Waals surface area contributed by atoms with Crippen LogP contribution in [0.1, 0.15) is 18.1 Å². The Hall–Kier alpha value is -3.59. The number of hydrogen-bond donors (Lipinski definition) is 1. The van der Waals surface area contributed by atoms with Crippen molar-refractivity contribution in [1.82, 2.24) is 0 Å². The second-order valence-electron chi connectivity index (χ2n) is 5.37. The molecule has 0 fully saturated rings. The largest absolute Gasteiger partial charge is 0.497 e. The smallest absolute Gasteiger partial charge is 0.331 e. The second kappa shape index (κ2) is 9.04. The van der Waals surface area contributed by atoms with Crippen molar-refractivity contribution in [1.29, 1.82) is 5.26 Å². The van der Waals surface area contributed by atoms with Crippen molar-refractivity contribution in [2.75, 3.05) is 12.4 Å². The molecule has 0 saturated heterocycles. The van der Waals surface area contributed by atoms with E-state index in [1.807, 2.05) is 6.07 Å². The Balaban J connectivity index is 1.89. The highest BCUT2D eigenvalue weighted by Gasteiger charge is 2.16. The number of rotatable bonds is 6. The van der Waals surface area contributed by atoms with Gasteiger partial charge in [-0.3, -0.25) is 4.79 Å². The predicted molar refractivity (Wildman–Crippen MR) is 97.4 cm³/mol. The van der Waals surface area contributed by atoms with E-state index in [4.69, 9.17) is 14.7 Å². The van der Waals surface area contributed by atoms with Crippen molar-refractivity contribution < 1.29 is 19.1 Å². The van der Waals surface area contributed by atoms with E-state index in [0.717, 1.165) is 11.3 Å². The molecule has 0 aliphatic rings. The zero-order chi connectivity index (χ0) is 18.9. The summed E-state index contributed by atoms with van der Waals surface area (Å²) in [5.74, 6) is -0.393. The Morgan fingerprint density at radius 3 is 2.58 bits per heavy atom. The number of methoxy groups -OCH3 is 1. The minimum atomic E-state index is -0.978. The molecule has 1 amide bonds. The Bertz CT molecular complexity index is 851. The fourth-order valence-corrected chi connectivity index (χ4v) is 2.06. The third-order valence-corrected chi connectivity index (χ3v) is 3.45. The summed E-state index contributed by atoms with van der Waals surface area (Å²) < 4.78 is 10.1. The van der Waals surface area contributed by atoms with Gasteiger partial charge < -0.3 is 14.8 Å². The summed E-state index contributed by atoms with van der Waals surface area (Å²) in [5, 5.41) is 11.5. The second-order valence-corrected chi connectivity index (χ2v) is 5.37. The van der Waals surface area contributed by atoms with Gasteiger partial charge in [0.25, 0.3) is 5.91 Å². The van der Waals surface area contributed by atoms with Gasteiger partial charge in [-0.2, -0.15) is 5.26 Å². The summed E-state index contributed by atoms with van der Waals surface area (Å²) in [7, 11) is 1.57. The molecule has 2 rings (SSSR count). The van der Waals surface area contributed by atoms with Gasteiger partial charge in [0, 0.05) is 11.8 Å². The number of anilines is 1. The quantitative estimate of drug-likeness (QED) is 0.639. The number of hydrogen-bond acceptors (Lipinski definition) is 5. The lowest BCUT2D eigenvalue weighted by molar-refractivity contribution is -0.148. The first-order valence-electron chi connectivity index (χ1n) is 7.85. The Kier molecular flexibility index (Phi) is 6.52. The highest BCUT2D eigenvalue weighted by molar-refractivity contribution is 5.96. The molecule has 132 valence electrons. The molecule has 0 radical (unpaired) electrons. The molecule has 0 heterocycles. The standard InChI is InChI=1S/C20H18N2O4/c1-14(20(24)22-17-5-3-4-16(12-17)13-21)26-19(23)11-8-15-6-9-18(25-2)10-7-15/h3-12,14H,1-2H3,(H,22,24)/b11-8+/t14-/m0/s1. The maximum Gasteiger partial charge on any atom is 0.331 e. The number of nitrogens with zero attached hydrogens (tertiary/aromatic N) is 1. The zero-order valence-electron chi connectivity index (χ0n) is 14.4. The first kappa shape index (κ1) is 18.7. The molecule has 0 aromatic heterocycles. The molecular weight excluding hydrogens is 332 g/mol. The van der Waals surface area contributed by atoms with Crippen molar-refractivity contribution in [2.24, 2.45) is 0 Å². The summed E-state index contributed by atoms with van der Waals surface area (Å²) in [6.45, 7) is 1.47. The molecular formula is C20H18N2O4. The van der Waals surface area contributed by atoms with Crippen molar-refractivity contribution >= 4 is 23.6 Å². The van der Waals surface area contributed by atoms with Crippen molar-refractivity contribution in [3.63, 3.8) is 0 Å². The van der Waals surface area contributed by atoms with E-state index < -0.39 is 18.0 Å². The number of ether oxygens (including phenoxy) is 2. The molecule has 0 bridgehead atoms. The van der Waals surface area contributed by atoms with Gasteiger partial charge in [0.1, 0.15) is 5.75 Å². The van der Waals surface area contributed by atoms with E-state index in [9.17, 15) is 9.59 Å². The summed E-state index contributed by atoms with van der Waals surface area (Å²) >= 11 is 0. The van der Waals surface area contributed by atoms with E-state index in [1.54, 1.807) is 55.7 Å². The third kappa shape index (κ3) is 5.49.